The number of amides is 7. The molecule has 0 bridgehead atoms. The van der Waals surface area contributed by atoms with Crippen LogP contribution in [-0.2, 0) is 44.7 Å². The van der Waals surface area contributed by atoms with E-state index in [-0.39, 0.29) is 56.7 Å². The minimum atomic E-state index is -1.13. The molecule has 64 heavy (non-hydrogen) atoms. The number of aryl methyl sites for hydroxylation is 1. The number of ether oxygens (including phenoxy) is 1. The van der Waals surface area contributed by atoms with Gasteiger partial charge >= 0.3 is 5.97 Å². The number of nitrogens with zero attached hydrogens (tertiary/aromatic N) is 2. The summed E-state index contributed by atoms with van der Waals surface area (Å²) in [7, 11) is 1.26. The maximum Gasteiger partial charge on any atom is 0.306 e. The molecule has 1 fully saturated rings. The fraction of sp³-hybridized carbons (Fsp3) is 0.568. The zero-order valence-corrected chi connectivity index (χ0v) is 39.2. The van der Waals surface area contributed by atoms with Crippen LogP contribution in [0.15, 0.2) is 35.8 Å². The van der Waals surface area contributed by atoms with Crippen molar-refractivity contribution in [1.29, 1.82) is 0 Å². The smallest absolute Gasteiger partial charge is 0.306 e. The van der Waals surface area contributed by atoms with Gasteiger partial charge in [0.15, 0.2) is 0 Å². The third-order valence-electron chi connectivity index (χ3n) is 11.1. The SMILES string of the molecule is CC[C@H](NC(=O)[C@H](CC[C@H](S)CC(=O)OC)NC(=O)c1csc(C)n1)C(=O)N[C@H](C(=O)N[C@@H](CC(C)C)C(=O)N1CCC[C@H]1C(=O)N[C@@H](Cc1c[nH]c2ccccc12)C(N)=O)C(C)C. The van der Waals surface area contributed by atoms with Crippen molar-refractivity contribution in [2.75, 3.05) is 13.7 Å². The highest BCUT2D eigenvalue weighted by Gasteiger charge is 2.40. The second-order valence-corrected chi connectivity index (χ2v) is 18.7. The number of rotatable bonds is 23. The number of aromatic amines is 1. The van der Waals surface area contributed by atoms with Gasteiger partial charge in [0.1, 0.15) is 41.9 Å². The van der Waals surface area contributed by atoms with E-state index in [0.717, 1.165) is 16.5 Å². The van der Waals surface area contributed by atoms with Crippen molar-refractivity contribution in [2.45, 2.75) is 134 Å². The second kappa shape index (κ2) is 24.0. The fourth-order valence-electron chi connectivity index (χ4n) is 7.59. The largest absolute Gasteiger partial charge is 0.469 e. The molecular formula is C44H63N9O9S2. The normalized spacial score (nSPS) is 16.6. The highest BCUT2D eigenvalue weighted by atomic mass is 32.1. The predicted octanol–water partition coefficient (Wildman–Crippen LogP) is 2.44. The molecule has 0 unspecified atom stereocenters. The van der Waals surface area contributed by atoms with Crippen LogP contribution in [0.2, 0.25) is 0 Å². The summed E-state index contributed by atoms with van der Waals surface area (Å²) >= 11 is 5.71. The average Bonchev–Trinajstić information content (AvgIpc) is 4.02. The van der Waals surface area contributed by atoms with E-state index in [4.69, 9.17) is 10.5 Å². The number of para-hydroxylation sites is 1. The molecule has 8 N–H and O–H groups in total. The molecule has 0 radical (unpaired) electrons. The number of fused-ring (bicyclic) bond motifs is 1. The summed E-state index contributed by atoms with van der Waals surface area (Å²) in [5.74, 6) is -5.29. The minimum absolute atomic E-state index is 0.0200. The predicted molar refractivity (Wildman–Crippen MR) is 245 cm³/mol. The van der Waals surface area contributed by atoms with Gasteiger partial charge < -0.3 is 46.9 Å². The Balaban J connectivity index is 1.44. The molecule has 0 aliphatic carbocycles. The number of thiazole rings is 1. The molecule has 350 valence electrons. The zero-order valence-electron chi connectivity index (χ0n) is 37.5. The van der Waals surface area contributed by atoms with Gasteiger partial charge in [-0.2, -0.15) is 12.6 Å². The van der Waals surface area contributed by atoms with Gasteiger partial charge in [0.05, 0.1) is 18.5 Å². The van der Waals surface area contributed by atoms with E-state index in [1.165, 1.54) is 23.3 Å². The summed E-state index contributed by atoms with van der Waals surface area (Å²) in [6.45, 7) is 10.9. The topological polar surface area (TPSA) is 264 Å². The molecule has 3 aromatic rings. The Morgan fingerprint density at radius 3 is 2.23 bits per heavy atom. The van der Waals surface area contributed by atoms with Crippen LogP contribution in [0.1, 0.15) is 101 Å². The van der Waals surface area contributed by atoms with Crippen LogP contribution in [0.5, 0.6) is 0 Å². The van der Waals surface area contributed by atoms with Gasteiger partial charge in [-0.25, -0.2) is 4.98 Å². The van der Waals surface area contributed by atoms with Gasteiger partial charge in [-0.1, -0.05) is 52.8 Å². The summed E-state index contributed by atoms with van der Waals surface area (Å²) in [5.41, 5.74) is 7.54. The van der Waals surface area contributed by atoms with Crippen LogP contribution in [0, 0.1) is 18.8 Å². The molecule has 0 spiro atoms. The summed E-state index contributed by atoms with van der Waals surface area (Å²) in [4.78, 5) is 116. The Kier molecular flexibility index (Phi) is 19.2. The third kappa shape index (κ3) is 14.3. The van der Waals surface area contributed by atoms with Crippen LogP contribution in [0.4, 0.5) is 0 Å². The van der Waals surface area contributed by atoms with Crippen molar-refractivity contribution in [1.82, 2.24) is 41.5 Å². The van der Waals surface area contributed by atoms with Gasteiger partial charge in [-0.3, -0.25) is 38.4 Å². The number of carbonyl (C=O) groups excluding carboxylic acids is 8. The maximum atomic E-state index is 14.3. The number of benzene rings is 1. The van der Waals surface area contributed by atoms with Gasteiger partial charge in [-0.15, -0.1) is 11.3 Å². The number of thiol groups is 1. The highest BCUT2D eigenvalue weighted by molar-refractivity contribution is 7.81. The summed E-state index contributed by atoms with van der Waals surface area (Å²) in [6.07, 6.45) is 3.41. The number of carbonyl (C=O) groups is 8. The van der Waals surface area contributed by atoms with Crippen molar-refractivity contribution in [3.05, 3.63) is 52.1 Å². The van der Waals surface area contributed by atoms with Crippen molar-refractivity contribution in [2.24, 2.45) is 17.6 Å². The average molecular weight is 926 g/mol. The summed E-state index contributed by atoms with van der Waals surface area (Å²) in [5, 5.41) is 16.4. The Hall–Kier alpha value is -5.50. The molecular weight excluding hydrogens is 863 g/mol. The first kappa shape index (κ1) is 51.1. The van der Waals surface area contributed by atoms with Crippen LogP contribution < -0.4 is 32.3 Å². The first-order valence-corrected chi connectivity index (χ1v) is 23.1. The number of likely N-dealkylation sites (tertiary alicyclic amines) is 1. The molecule has 20 heteroatoms. The lowest BCUT2D eigenvalue weighted by atomic mass is 9.98. The zero-order chi connectivity index (χ0) is 47.2. The lowest BCUT2D eigenvalue weighted by Crippen LogP contribution is -2.60. The number of nitrogens with two attached hydrogens (primary N) is 1. The Morgan fingerprint density at radius 2 is 1.61 bits per heavy atom. The van der Waals surface area contributed by atoms with Crippen LogP contribution in [-0.4, -0.2) is 117 Å². The first-order valence-electron chi connectivity index (χ1n) is 21.7. The third-order valence-corrected chi connectivity index (χ3v) is 12.3. The number of H-pyrrole nitrogens is 1. The number of hydrogen-bond acceptors (Lipinski definition) is 12. The molecule has 3 heterocycles. The quantitative estimate of drug-likeness (QED) is 0.0509. The van der Waals surface area contributed by atoms with Crippen LogP contribution >= 0.6 is 24.0 Å². The van der Waals surface area contributed by atoms with E-state index >= 15 is 0 Å². The Bertz CT molecular complexity index is 2140. The van der Waals surface area contributed by atoms with E-state index in [2.05, 4.69) is 49.2 Å². The lowest BCUT2D eigenvalue weighted by molar-refractivity contribution is -0.143. The maximum absolute atomic E-state index is 14.3. The number of methoxy groups -OCH3 is 1. The number of esters is 1. The van der Waals surface area contributed by atoms with Crippen molar-refractivity contribution < 1.29 is 43.1 Å². The van der Waals surface area contributed by atoms with E-state index < -0.39 is 94.7 Å². The Morgan fingerprint density at radius 1 is 0.922 bits per heavy atom. The number of aromatic nitrogens is 2. The van der Waals surface area contributed by atoms with Gasteiger partial charge in [0, 0.05) is 40.7 Å². The molecule has 4 rings (SSSR count). The van der Waals surface area contributed by atoms with E-state index in [0.29, 0.717) is 17.8 Å². The summed E-state index contributed by atoms with van der Waals surface area (Å²) < 4.78 is 4.72. The van der Waals surface area contributed by atoms with Gasteiger partial charge in [0.2, 0.25) is 35.4 Å². The molecule has 18 nitrogen and oxygen atoms in total. The standard InChI is InChI=1S/C44H63N9O9S2/c1-8-29(48-40(57)31(16-15-27(63)20-36(54)62-7)49-41(58)34-22-64-25(6)47-34)39(56)52-37(24(4)5)43(60)51-33(18-23(2)3)44(61)53-17-11-14-35(53)42(59)50-32(38(45)55)19-26-21-46-30-13-10-9-12-28(26)30/h9-10,12-13,21-24,27,29,31-33,35,37,46,63H,8,11,14-20H2,1-7H3,(H2,45,55)(H,48,57)(H,49,58)(H,50,59)(H,51,60)(H,52,56)/t27-,29-,31-,32-,33-,35-,37-/m0/s1. The molecule has 2 aromatic heterocycles. The van der Waals surface area contributed by atoms with Gasteiger partial charge in [0.25, 0.3) is 5.91 Å². The summed E-state index contributed by atoms with van der Waals surface area (Å²) in [6, 6.07) is 1.15. The Labute approximate surface area is 383 Å². The minimum Gasteiger partial charge on any atom is -0.469 e. The second-order valence-electron chi connectivity index (χ2n) is 16.9. The van der Waals surface area contributed by atoms with Crippen molar-refractivity contribution in [3.63, 3.8) is 0 Å². The van der Waals surface area contributed by atoms with Crippen LogP contribution in [0.3, 0.4) is 0 Å². The highest BCUT2D eigenvalue weighted by Crippen LogP contribution is 2.23. The fourth-order valence-corrected chi connectivity index (χ4v) is 8.48. The van der Waals surface area contributed by atoms with Crippen LogP contribution in [0.25, 0.3) is 10.9 Å². The lowest BCUT2D eigenvalue weighted by Gasteiger charge is -2.32. The van der Waals surface area contributed by atoms with E-state index in [1.807, 2.05) is 38.1 Å². The molecule has 1 aliphatic heterocycles. The molecule has 1 aromatic carbocycles. The number of primary amides is 1. The van der Waals surface area contributed by atoms with E-state index in [9.17, 15) is 38.4 Å². The van der Waals surface area contributed by atoms with Crippen molar-refractivity contribution >= 4 is 82.2 Å². The molecule has 0 saturated carbocycles. The van der Waals surface area contributed by atoms with Crippen molar-refractivity contribution in [3.8, 4) is 0 Å². The molecule has 1 saturated heterocycles. The number of nitrogens with one attached hydrogen (secondary N) is 6. The first-order chi connectivity index (χ1) is 30.3. The number of hydrogen-bond donors (Lipinski definition) is 8. The van der Waals surface area contributed by atoms with Gasteiger partial charge in [-0.05, 0) is 68.9 Å². The van der Waals surface area contributed by atoms with E-state index in [1.54, 1.807) is 39.3 Å². The molecule has 7 amide bonds. The monoisotopic (exact) mass is 925 g/mol. The molecule has 7 atom stereocenters. The molecule has 1 aliphatic rings.